The molecule has 1 fully saturated rings. The molecule has 0 aromatic heterocycles. The molecule has 1 aromatic carbocycles. The van der Waals surface area contributed by atoms with Crippen LogP contribution in [0.1, 0.15) is 6.92 Å². The summed E-state index contributed by atoms with van der Waals surface area (Å²) in [5, 5.41) is 2.67. The van der Waals surface area contributed by atoms with Crippen LogP contribution in [0.25, 0.3) is 0 Å². The van der Waals surface area contributed by atoms with Crippen LogP contribution in [0.4, 0.5) is 10.5 Å². The first-order valence-electron chi connectivity index (χ1n) is 5.39. The van der Waals surface area contributed by atoms with Gasteiger partial charge in [-0.2, -0.15) is 0 Å². The van der Waals surface area contributed by atoms with Crippen LogP contribution in [0.3, 0.4) is 0 Å². The van der Waals surface area contributed by atoms with E-state index >= 15 is 0 Å². The van der Waals surface area contributed by atoms with Crippen LogP contribution in [0.15, 0.2) is 24.3 Å². The molecule has 5 heteroatoms. The normalized spacial score (nSPS) is 20.1. The highest BCUT2D eigenvalue weighted by Gasteiger charge is 2.32. The number of ether oxygens (including phenoxy) is 1. The van der Waals surface area contributed by atoms with Gasteiger partial charge in [-0.1, -0.05) is 13.0 Å². The first kappa shape index (κ1) is 11.4. The Bertz CT molecular complexity index is 459. The number of hydrogen-bond donors (Lipinski definition) is 1. The molecule has 1 N–H and O–H groups in total. The number of hydrogen-bond acceptors (Lipinski definition) is 3. The van der Waals surface area contributed by atoms with E-state index in [1.807, 2.05) is 0 Å². The molecule has 0 saturated carbocycles. The molecule has 1 aliphatic rings. The van der Waals surface area contributed by atoms with Crippen LogP contribution >= 0.6 is 0 Å². The molecule has 1 heterocycles. The maximum absolute atomic E-state index is 12.0. The molecule has 2 rings (SSSR count). The van der Waals surface area contributed by atoms with Crippen LogP contribution in [0.2, 0.25) is 0 Å². The Morgan fingerprint density at radius 2 is 2.18 bits per heavy atom. The van der Waals surface area contributed by atoms with Crippen molar-refractivity contribution >= 4 is 17.6 Å². The molecule has 1 aliphatic heterocycles. The molecule has 1 atom stereocenters. The Morgan fingerprint density at radius 1 is 1.41 bits per heavy atom. The number of anilines is 1. The number of imide groups is 1. The minimum Gasteiger partial charge on any atom is -0.497 e. The summed E-state index contributed by atoms with van der Waals surface area (Å²) in [6.45, 7) is 2.17. The van der Waals surface area contributed by atoms with Crippen LogP contribution in [0.5, 0.6) is 5.75 Å². The quantitative estimate of drug-likeness (QED) is 0.841. The van der Waals surface area contributed by atoms with E-state index in [9.17, 15) is 9.59 Å². The van der Waals surface area contributed by atoms with Crippen molar-refractivity contribution in [3.8, 4) is 5.75 Å². The van der Waals surface area contributed by atoms with Crippen LogP contribution in [-0.4, -0.2) is 25.6 Å². The molecule has 0 radical (unpaired) electrons. The summed E-state index contributed by atoms with van der Waals surface area (Å²) in [5.41, 5.74) is 0.526. The van der Waals surface area contributed by atoms with E-state index in [1.54, 1.807) is 38.3 Å². The number of methoxy groups -OCH3 is 1. The number of nitrogens with zero attached hydrogens (tertiary/aromatic N) is 1. The van der Waals surface area contributed by atoms with E-state index < -0.39 is 0 Å². The van der Waals surface area contributed by atoms with Crippen molar-refractivity contribution in [2.45, 2.75) is 6.92 Å². The summed E-state index contributed by atoms with van der Waals surface area (Å²) in [5.74, 6) is 0.210. The summed E-state index contributed by atoms with van der Waals surface area (Å²) >= 11 is 0. The Labute approximate surface area is 99.4 Å². The van der Waals surface area contributed by atoms with Crippen molar-refractivity contribution in [1.82, 2.24) is 5.32 Å². The minimum atomic E-state index is -0.388. The Kier molecular flexibility index (Phi) is 2.99. The van der Waals surface area contributed by atoms with Crippen LogP contribution in [-0.2, 0) is 4.79 Å². The highest BCUT2D eigenvalue weighted by atomic mass is 16.5. The number of benzene rings is 1. The van der Waals surface area contributed by atoms with Gasteiger partial charge in [0.25, 0.3) is 0 Å². The average Bonchev–Trinajstić information content (AvgIpc) is 2.35. The third-order valence-corrected chi connectivity index (χ3v) is 2.72. The first-order valence-corrected chi connectivity index (χ1v) is 5.39. The van der Waals surface area contributed by atoms with Crippen molar-refractivity contribution in [2.75, 3.05) is 18.6 Å². The van der Waals surface area contributed by atoms with Gasteiger partial charge in [0, 0.05) is 12.6 Å². The zero-order valence-corrected chi connectivity index (χ0v) is 9.77. The Morgan fingerprint density at radius 3 is 2.88 bits per heavy atom. The predicted molar refractivity (Wildman–Crippen MR) is 63.0 cm³/mol. The second-order valence-electron chi connectivity index (χ2n) is 3.96. The third kappa shape index (κ3) is 2.08. The number of nitrogens with one attached hydrogen (secondary N) is 1. The van der Waals surface area contributed by atoms with E-state index in [-0.39, 0.29) is 17.9 Å². The lowest BCUT2D eigenvalue weighted by Crippen LogP contribution is -2.54. The standard InChI is InChI=1S/C12H14N2O3/c1-8-7-13-12(16)14(11(8)15)9-4-3-5-10(6-9)17-2/h3-6,8H,7H2,1-2H3,(H,13,16). The molecule has 3 amide bonds. The van der Waals surface area contributed by atoms with Gasteiger partial charge in [-0.05, 0) is 12.1 Å². The smallest absolute Gasteiger partial charge is 0.328 e. The summed E-state index contributed by atoms with van der Waals surface area (Å²) < 4.78 is 5.07. The number of carbonyl (C=O) groups is 2. The molecule has 0 bridgehead atoms. The summed E-state index contributed by atoms with van der Waals surface area (Å²) in [6.07, 6.45) is 0. The van der Waals surface area contributed by atoms with Gasteiger partial charge in [0.05, 0.1) is 18.7 Å². The zero-order chi connectivity index (χ0) is 12.4. The Hall–Kier alpha value is -2.04. The SMILES string of the molecule is COc1cccc(N2C(=O)NCC(C)C2=O)c1. The fraction of sp³-hybridized carbons (Fsp3) is 0.333. The zero-order valence-electron chi connectivity index (χ0n) is 9.77. The van der Waals surface area contributed by atoms with Gasteiger partial charge in [0.1, 0.15) is 5.75 Å². The lowest BCUT2D eigenvalue weighted by Gasteiger charge is -2.29. The first-order chi connectivity index (χ1) is 8.13. The molecule has 0 spiro atoms. The molecule has 1 unspecified atom stereocenters. The molecule has 1 aromatic rings. The van der Waals surface area contributed by atoms with Crippen molar-refractivity contribution < 1.29 is 14.3 Å². The highest BCUT2D eigenvalue weighted by molar-refractivity contribution is 6.16. The predicted octanol–water partition coefficient (Wildman–Crippen LogP) is 1.39. The van der Waals surface area contributed by atoms with E-state index in [1.165, 1.54) is 0 Å². The fourth-order valence-corrected chi connectivity index (χ4v) is 1.72. The van der Waals surface area contributed by atoms with Gasteiger partial charge in [-0.3, -0.25) is 4.79 Å². The van der Waals surface area contributed by atoms with Gasteiger partial charge in [-0.25, -0.2) is 9.69 Å². The Balaban J connectivity index is 2.36. The van der Waals surface area contributed by atoms with Crippen molar-refractivity contribution in [3.63, 3.8) is 0 Å². The fourth-order valence-electron chi connectivity index (χ4n) is 1.72. The average molecular weight is 234 g/mol. The van der Waals surface area contributed by atoms with Gasteiger partial charge in [0.2, 0.25) is 5.91 Å². The molecular weight excluding hydrogens is 220 g/mol. The second kappa shape index (κ2) is 4.45. The van der Waals surface area contributed by atoms with Crippen molar-refractivity contribution in [3.05, 3.63) is 24.3 Å². The largest absolute Gasteiger partial charge is 0.497 e. The molecule has 5 nitrogen and oxygen atoms in total. The maximum atomic E-state index is 12.0. The van der Waals surface area contributed by atoms with E-state index in [4.69, 9.17) is 4.74 Å². The van der Waals surface area contributed by atoms with Crippen LogP contribution < -0.4 is 15.0 Å². The van der Waals surface area contributed by atoms with Crippen molar-refractivity contribution in [2.24, 2.45) is 5.92 Å². The van der Waals surface area contributed by atoms with Gasteiger partial charge in [-0.15, -0.1) is 0 Å². The highest BCUT2D eigenvalue weighted by Crippen LogP contribution is 2.24. The molecule has 90 valence electrons. The van der Waals surface area contributed by atoms with Gasteiger partial charge < -0.3 is 10.1 Å². The van der Waals surface area contributed by atoms with Gasteiger partial charge >= 0.3 is 6.03 Å². The minimum absolute atomic E-state index is 0.193. The number of amides is 3. The molecular formula is C12H14N2O3. The summed E-state index contributed by atoms with van der Waals surface area (Å²) in [6, 6.07) is 6.49. The molecule has 17 heavy (non-hydrogen) atoms. The second-order valence-corrected chi connectivity index (χ2v) is 3.96. The van der Waals surface area contributed by atoms with E-state index in [0.717, 1.165) is 4.90 Å². The maximum Gasteiger partial charge on any atom is 0.328 e. The molecule has 1 saturated heterocycles. The van der Waals surface area contributed by atoms with Crippen molar-refractivity contribution in [1.29, 1.82) is 0 Å². The lowest BCUT2D eigenvalue weighted by molar-refractivity contribution is -0.121. The van der Waals surface area contributed by atoms with E-state index in [0.29, 0.717) is 18.0 Å². The number of carbonyl (C=O) groups excluding carboxylic acids is 2. The molecule has 0 aliphatic carbocycles. The van der Waals surface area contributed by atoms with Crippen LogP contribution in [0, 0.1) is 5.92 Å². The lowest BCUT2D eigenvalue weighted by atomic mass is 10.1. The van der Waals surface area contributed by atoms with E-state index in [2.05, 4.69) is 5.32 Å². The summed E-state index contributed by atoms with van der Waals surface area (Å²) in [7, 11) is 1.54. The topological polar surface area (TPSA) is 58.6 Å². The number of rotatable bonds is 2. The monoisotopic (exact) mass is 234 g/mol. The van der Waals surface area contributed by atoms with Gasteiger partial charge in [0.15, 0.2) is 0 Å². The number of urea groups is 1. The third-order valence-electron chi connectivity index (χ3n) is 2.72. The summed E-state index contributed by atoms with van der Waals surface area (Å²) in [4.78, 5) is 24.8.